The molecule has 0 aliphatic rings. The lowest BCUT2D eigenvalue weighted by Gasteiger charge is -2.13. The fraction of sp³-hybridized carbons (Fsp3) is 0. The number of nitrogens with zero attached hydrogens (tertiary/aromatic N) is 4. The summed E-state index contributed by atoms with van der Waals surface area (Å²) in [6.07, 6.45) is 1.82. The maximum Gasteiger partial charge on any atom is 0.168 e. The van der Waals surface area contributed by atoms with Crippen LogP contribution >= 0.6 is 0 Å². The maximum absolute atomic E-state index is 4.63. The molecule has 0 aliphatic heterocycles. The monoisotopic (exact) mass is 348 g/mol. The number of hydrogen-bond donors (Lipinski definition) is 0. The fourth-order valence-corrected chi connectivity index (χ4v) is 3.33. The number of hydrogen-bond acceptors (Lipinski definition) is 3. The van der Waals surface area contributed by atoms with Crippen molar-refractivity contribution in [2.75, 3.05) is 0 Å². The Labute approximate surface area is 156 Å². The minimum absolute atomic E-state index is 0.799. The predicted octanol–water partition coefficient (Wildman–Crippen LogP) is 5.15. The second kappa shape index (κ2) is 6.50. The zero-order valence-corrected chi connectivity index (χ0v) is 14.5. The molecule has 4 nitrogen and oxygen atoms in total. The minimum atomic E-state index is 0.799. The van der Waals surface area contributed by atoms with Gasteiger partial charge in [-0.1, -0.05) is 78.9 Å². The Hall–Kier alpha value is -3.79. The highest BCUT2D eigenvalue weighted by Crippen LogP contribution is 2.31. The van der Waals surface area contributed by atoms with Gasteiger partial charge in [0.2, 0.25) is 0 Å². The summed E-state index contributed by atoms with van der Waals surface area (Å²) in [7, 11) is 0. The van der Waals surface area contributed by atoms with E-state index >= 15 is 0 Å². The van der Waals surface area contributed by atoms with Crippen LogP contribution in [0.2, 0.25) is 0 Å². The Morgan fingerprint density at radius 3 is 1.78 bits per heavy atom. The van der Waals surface area contributed by atoms with E-state index in [1.54, 1.807) is 0 Å². The molecule has 2 heterocycles. The van der Waals surface area contributed by atoms with E-state index in [-0.39, 0.29) is 0 Å². The third-order valence-corrected chi connectivity index (χ3v) is 4.58. The van der Waals surface area contributed by atoms with Gasteiger partial charge in [-0.15, -0.1) is 10.2 Å². The van der Waals surface area contributed by atoms with E-state index in [2.05, 4.69) is 37.9 Å². The van der Waals surface area contributed by atoms with Crippen molar-refractivity contribution in [3.8, 4) is 28.5 Å². The first-order valence-electron chi connectivity index (χ1n) is 8.82. The summed E-state index contributed by atoms with van der Waals surface area (Å²) in [4.78, 5) is 4.63. The van der Waals surface area contributed by atoms with Crippen LogP contribution in [0.4, 0.5) is 0 Å². The Kier molecular flexibility index (Phi) is 3.72. The first-order chi connectivity index (χ1) is 13.4. The van der Waals surface area contributed by atoms with Crippen molar-refractivity contribution >= 4 is 10.9 Å². The molecule has 27 heavy (non-hydrogen) atoms. The lowest BCUT2D eigenvalue weighted by atomic mass is 10.1. The minimum Gasteiger partial charge on any atom is -0.273 e. The zero-order chi connectivity index (χ0) is 18.1. The van der Waals surface area contributed by atoms with Gasteiger partial charge < -0.3 is 0 Å². The van der Waals surface area contributed by atoms with Crippen molar-refractivity contribution in [1.82, 2.24) is 19.7 Å². The van der Waals surface area contributed by atoms with Crippen LogP contribution in [0.5, 0.6) is 0 Å². The normalized spacial score (nSPS) is 11.0. The number of benzene rings is 3. The number of para-hydroxylation sites is 1. The molecule has 0 saturated heterocycles. The van der Waals surface area contributed by atoms with E-state index in [1.807, 2.05) is 79.0 Å². The Balaban J connectivity index is 1.85. The molecule has 0 N–H and O–H groups in total. The third-order valence-electron chi connectivity index (χ3n) is 4.58. The quantitative estimate of drug-likeness (QED) is 0.453. The van der Waals surface area contributed by atoms with Gasteiger partial charge in [-0.25, -0.2) is 0 Å². The molecule has 4 heteroatoms. The molecule has 0 bridgehead atoms. The predicted molar refractivity (Wildman–Crippen MR) is 108 cm³/mol. The van der Waals surface area contributed by atoms with E-state index < -0.39 is 0 Å². The lowest BCUT2D eigenvalue weighted by molar-refractivity contribution is 1.08. The molecule has 0 saturated carbocycles. The number of aromatic nitrogens is 4. The molecule has 5 aromatic rings. The van der Waals surface area contributed by atoms with Crippen molar-refractivity contribution < 1.29 is 0 Å². The average Bonchev–Trinajstić information content (AvgIpc) is 3.19. The summed E-state index contributed by atoms with van der Waals surface area (Å²) in [5.41, 5.74) is 3.92. The summed E-state index contributed by atoms with van der Waals surface area (Å²) >= 11 is 0. The summed E-state index contributed by atoms with van der Waals surface area (Å²) in [6.45, 7) is 0. The van der Waals surface area contributed by atoms with Gasteiger partial charge in [0.25, 0.3) is 0 Å². The smallest absolute Gasteiger partial charge is 0.168 e. The molecular formula is C23H16N4. The van der Waals surface area contributed by atoms with Crippen LogP contribution < -0.4 is 0 Å². The van der Waals surface area contributed by atoms with Crippen LogP contribution in [0, 0.1) is 0 Å². The topological polar surface area (TPSA) is 43.6 Å². The highest BCUT2D eigenvalue weighted by molar-refractivity contribution is 5.88. The van der Waals surface area contributed by atoms with Crippen LogP contribution in [0.3, 0.4) is 0 Å². The Morgan fingerprint density at radius 2 is 1.15 bits per heavy atom. The number of rotatable bonds is 3. The van der Waals surface area contributed by atoms with Gasteiger partial charge in [0.15, 0.2) is 11.6 Å². The van der Waals surface area contributed by atoms with Crippen molar-refractivity contribution in [3.63, 3.8) is 0 Å². The summed E-state index contributed by atoms with van der Waals surface area (Å²) in [5.74, 6) is 1.60. The third kappa shape index (κ3) is 2.68. The van der Waals surface area contributed by atoms with E-state index in [0.717, 1.165) is 39.4 Å². The van der Waals surface area contributed by atoms with Gasteiger partial charge in [0, 0.05) is 22.7 Å². The molecule has 128 valence electrons. The molecule has 0 aliphatic carbocycles. The first-order valence-corrected chi connectivity index (χ1v) is 8.82. The molecular weight excluding hydrogens is 332 g/mol. The Bertz CT molecular complexity index is 1150. The van der Waals surface area contributed by atoms with E-state index in [1.165, 1.54) is 0 Å². The molecule has 2 aromatic heterocycles. The molecule has 0 atom stereocenters. The van der Waals surface area contributed by atoms with Crippen LogP contribution in [0.1, 0.15) is 0 Å². The molecule has 0 radical (unpaired) electrons. The van der Waals surface area contributed by atoms with Crippen LogP contribution in [0.25, 0.3) is 39.4 Å². The molecule has 0 fully saturated rings. The zero-order valence-electron chi connectivity index (χ0n) is 14.5. The van der Waals surface area contributed by atoms with Crippen molar-refractivity contribution in [3.05, 3.63) is 97.2 Å². The average molecular weight is 348 g/mol. The molecule has 0 unspecified atom stereocenters. The maximum atomic E-state index is 4.63. The van der Waals surface area contributed by atoms with Gasteiger partial charge in [-0.2, -0.15) is 0 Å². The molecule has 5 rings (SSSR count). The fourth-order valence-electron chi connectivity index (χ4n) is 3.33. The molecule has 0 spiro atoms. The second-order valence-electron chi connectivity index (χ2n) is 6.27. The molecule has 3 aromatic carbocycles. The van der Waals surface area contributed by atoms with Gasteiger partial charge >= 0.3 is 0 Å². The second-order valence-corrected chi connectivity index (χ2v) is 6.27. The van der Waals surface area contributed by atoms with Gasteiger partial charge in [0.05, 0.1) is 11.2 Å². The summed E-state index contributed by atoms with van der Waals surface area (Å²) < 4.78 is 2.10. The summed E-state index contributed by atoms with van der Waals surface area (Å²) in [5, 5.41) is 10.1. The van der Waals surface area contributed by atoms with E-state index in [4.69, 9.17) is 0 Å². The van der Waals surface area contributed by atoms with Crippen molar-refractivity contribution in [1.29, 1.82) is 0 Å². The summed E-state index contributed by atoms with van der Waals surface area (Å²) in [6, 6.07) is 30.5. The van der Waals surface area contributed by atoms with Crippen molar-refractivity contribution in [2.45, 2.75) is 0 Å². The SMILES string of the molecule is c1ccc(-c2nnc(-c3ccccc3)n2-c2cccc3cccnc23)cc1. The van der Waals surface area contributed by atoms with Crippen LogP contribution in [-0.4, -0.2) is 19.7 Å². The van der Waals surface area contributed by atoms with Crippen LogP contribution in [-0.2, 0) is 0 Å². The van der Waals surface area contributed by atoms with Crippen LogP contribution in [0.15, 0.2) is 97.2 Å². The lowest BCUT2D eigenvalue weighted by Crippen LogP contribution is -2.02. The highest BCUT2D eigenvalue weighted by Gasteiger charge is 2.18. The van der Waals surface area contributed by atoms with Gasteiger partial charge in [0.1, 0.15) is 0 Å². The number of pyridine rings is 1. The first kappa shape index (κ1) is 15.5. The Morgan fingerprint density at radius 1 is 0.556 bits per heavy atom. The van der Waals surface area contributed by atoms with E-state index in [9.17, 15) is 0 Å². The number of fused-ring (bicyclic) bond motifs is 1. The largest absolute Gasteiger partial charge is 0.273 e. The standard InChI is InChI=1S/C23H16N4/c1-3-9-18(10-4-1)22-25-26-23(19-11-5-2-6-12-19)27(22)20-15-7-13-17-14-8-16-24-21(17)20/h1-16H. The van der Waals surface area contributed by atoms with Gasteiger partial charge in [-0.3, -0.25) is 9.55 Å². The molecule has 0 amide bonds. The van der Waals surface area contributed by atoms with Gasteiger partial charge in [-0.05, 0) is 12.1 Å². The van der Waals surface area contributed by atoms with Crippen molar-refractivity contribution in [2.24, 2.45) is 0 Å². The van der Waals surface area contributed by atoms with E-state index in [0.29, 0.717) is 0 Å². The highest BCUT2D eigenvalue weighted by atomic mass is 15.3.